The molecule has 29 heavy (non-hydrogen) atoms. The molecule has 2 aromatic rings. The number of carbonyl (C=O) groups excluding carboxylic acids is 2. The maximum absolute atomic E-state index is 12.7. The van der Waals surface area contributed by atoms with E-state index in [0.29, 0.717) is 44.3 Å². The number of carbonyl (C=O) groups is 2. The van der Waals surface area contributed by atoms with E-state index in [2.05, 4.69) is 4.99 Å². The quantitative estimate of drug-likeness (QED) is 0.505. The van der Waals surface area contributed by atoms with Crippen LogP contribution in [0.1, 0.15) is 22.8 Å². The summed E-state index contributed by atoms with van der Waals surface area (Å²) in [4.78, 5) is 31.1. The number of aliphatic imine (C=N–C) groups is 1. The van der Waals surface area contributed by atoms with Crippen LogP contribution >= 0.6 is 23.4 Å². The van der Waals surface area contributed by atoms with Gasteiger partial charge in [-0.25, -0.2) is 9.79 Å². The smallest absolute Gasteiger partial charge is 0.338 e. The Bertz CT molecular complexity index is 1020. The molecule has 0 atom stereocenters. The van der Waals surface area contributed by atoms with Crippen LogP contribution in [0.4, 0.5) is 5.69 Å². The molecule has 0 aliphatic carbocycles. The number of amides is 1. The highest BCUT2D eigenvalue weighted by atomic mass is 35.5. The molecule has 8 heteroatoms. The Morgan fingerprint density at radius 1 is 1.28 bits per heavy atom. The lowest BCUT2D eigenvalue weighted by molar-refractivity contribution is -0.121. The summed E-state index contributed by atoms with van der Waals surface area (Å²) < 4.78 is 10.4. The molecule has 0 bridgehead atoms. The number of esters is 1. The summed E-state index contributed by atoms with van der Waals surface area (Å²) in [5, 5.41) is 1.05. The van der Waals surface area contributed by atoms with E-state index in [4.69, 9.17) is 21.1 Å². The molecule has 3 rings (SSSR count). The number of likely N-dealkylation sites (N-methyl/N-ethyl adjacent to an activating group) is 1. The van der Waals surface area contributed by atoms with E-state index in [1.807, 2.05) is 0 Å². The van der Waals surface area contributed by atoms with Gasteiger partial charge in [0.1, 0.15) is 5.75 Å². The predicted molar refractivity (Wildman–Crippen MR) is 116 cm³/mol. The van der Waals surface area contributed by atoms with Crippen LogP contribution < -0.4 is 4.74 Å². The molecule has 1 fully saturated rings. The number of thioether (sulfide) groups is 1. The third kappa shape index (κ3) is 4.81. The second-order valence-corrected chi connectivity index (χ2v) is 7.47. The van der Waals surface area contributed by atoms with E-state index in [0.717, 1.165) is 0 Å². The first-order valence-electron chi connectivity index (χ1n) is 8.80. The van der Waals surface area contributed by atoms with Crippen molar-refractivity contribution in [3.8, 4) is 5.75 Å². The number of methoxy groups -OCH3 is 1. The fraction of sp³-hybridized carbons (Fsp3) is 0.190. The van der Waals surface area contributed by atoms with Crippen LogP contribution in [-0.2, 0) is 9.53 Å². The van der Waals surface area contributed by atoms with Gasteiger partial charge >= 0.3 is 5.97 Å². The van der Waals surface area contributed by atoms with E-state index in [1.165, 1.54) is 16.7 Å². The van der Waals surface area contributed by atoms with Gasteiger partial charge in [-0.1, -0.05) is 17.7 Å². The zero-order valence-corrected chi connectivity index (χ0v) is 17.7. The zero-order chi connectivity index (χ0) is 21.0. The van der Waals surface area contributed by atoms with Gasteiger partial charge in [0.2, 0.25) is 0 Å². The zero-order valence-electron chi connectivity index (χ0n) is 16.1. The molecule has 0 radical (unpaired) electrons. The molecule has 1 saturated heterocycles. The lowest BCUT2D eigenvalue weighted by Crippen LogP contribution is -2.23. The Labute approximate surface area is 178 Å². The third-order valence-corrected chi connectivity index (χ3v) is 5.36. The van der Waals surface area contributed by atoms with Gasteiger partial charge in [-0.3, -0.25) is 9.69 Å². The second kappa shape index (κ2) is 9.15. The van der Waals surface area contributed by atoms with Crippen molar-refractivity contribution in [1.82, 2.24) is 4.90 Å². The minimum absolute atomic E-state index is 0.183. The van der Waals surface area contributed by atoms with Crippen LogP contribution in [-0.4, -0.2) is 42.7 Å². The maximum Gasteiger partial charge on any atom is 0.338 e. The number of halogens is 1. The summed E-state index contributed by atoms with van der Waals surface area (Å²) in [6.45, 7) is 2.05. The molecule has 0 N–H and O–H groups in total. The number of ether oxygens (including phenoxy) is 2. The van der Waals surface area contributed by atoms with E-state index in [1.54, 1.807) is 69.6 Å². The van der Waals surface area contributed by atoms with E-state index in [-0.39, 0.29) is 5.91 Å². The molecule has 0 spiro atoms. The SMILES string of the molecule is CCOC(=O)c1cccc(N=C2SC(=Cc3cc(Cl)ccc3OC)C(=O)N2C)c1. The standard InChI is InChI=1S/C21H19ClN2O4S/c1-4-28-20(26)13-6-5-7-16(11-13)23-21-24(2)19(25)18(29-21)12-14-10-15(22)8-9-17(14)27-3/h5-12H,4H2,1-3H3. The van der Waals surface area contributed by atoms with Crippen molar-refractivity contribution in [3.05, 3.63) is 63.5 Å². The predicted octanol–water partition coefficient (Wildman–Crippen LogP) is 4.76. The molecule has 1 heterocycles. The summed E-state index contributed by atoms with van der Waals surface area (Å²) in [5.74, 6) is 0.0227. The number of hydrogen-bond acceptors (Lipinski definition) is 6. The molecule has 0 aromatic heterocycles. The summed E-state index contributed by atoms with van der Waals surface area (Å²) in [6.07, 6.45) is 1.73. The van der Waals surface area contributed by atoms with E-state index in [9.17, 15) is 9.59 Å². The average molecular weight is 431 g/mol. The number of benzene rings is 2. The van der Waals surface area contributed by atoms with Crippen LogP contribution in [0.3, 0.4) is 0 Å². The van der Waals surface area contributed by atoms with E-state index >= 15 is 0 Å². The molecule has 1 amide bonds. The molecule has 6 nitrogen and oxygen atoms in total. The van der Waals surface area contributed by atoms with Crippen molar-refractivity contribution in [1.29, 1.82) is 0 Å². The Hall–Kier alpha value is -2.77. The highest BCUT2D eigenvalue weighted by molar-refractivity contribution is 8.18. The maximum atomic E-state index is 12.7. The Kier molecular flexibility index (Phi) is 6.61. The molecule has 1 aliphatic heterocycles. The molecule has 0 saturated carbocycles. The average Bonchev–Trinajstić information content (AvgIpc) is 2.96. The minimum Gasteiger partial charge on any atom is -0.496 e. The van der Waals surface area contributed by atoms with Crippen LogP contribution in [0.15, 0.2) is 52.4 Å². The second-order valence-electron chi connectivity index (χ2n) is 6.03. The fourth-order valence-corrected chi connectivity index (χ4v) is 3.80. The number of hydrogen-bond donors (Lipinski definition) is 0. The van der Waals surface area contributed by atoms with Crippen molar-refractivity contribution < 1.29 is 19.1 Å². The van der Waals surface area contributed by atoms with Gasteiger partial charge in [-0.2, -0.15) is 0 Å². The summed E-state index contributed by atoms with van der Waals surface area (Å²) >= 11 is 7.31. The molecule has 0 unspecified atom stereocenters. The van der Waals surface area contributed by atoms with Crippen LogP contribution in [0.25, 0.3) is 6.08 Å². The molecule has 150 valence electrons. The Morgan fingerprint density at radius 2 is 2.07 bits per heavy atom. The first-order valence-corrected chi connectivity index (χ1v) is 9.99. The summed E-state index contributed by atoms with van der Waals surface area (Å²) in [6, 6.07) is 12.0. The van der Waals surface area contributed by atoms with Gasteiger partial charge in [-0.05, 0) is 61.2 Å². The van der Waals surface area contributed by atoms with Crippen LogP contribution in [0.5, 0.6) is 5.75 Å². The first kappa shape index (κ1) is 21.0. The normalized spacial score (nSPS) is 16.6. The Balaban J connectivity index is 1.90. The van der Waals surface area contributed by atoms with Gasteiger partial charge in [0.25, 0.3) is 5.91 Å². The van der Waals surface area contributed by atoms with Gasteiger partial charge in [0.05, 0.1) is 29.9 Å². The lowest BCUT2D eigenvalue weighted by Gasteiger charge is -2.08. The number of amidine groups is 1. The fourth-order valence-electron chi connectivity index (χ4n) is 2.64. The first-order chi connectivity index (χ1) is 13.9. The van der Waals surface area contributed by atoms with Crippen molar-refractivity contribution >= 4 is 52.2 Å². The van der Waals surface area contributed by atoms with Gasteiger partial charge in [0, 0.05) is 17.6 Å². The highest BCUT2D eigenvalue weighted by Gasteiger charge is 2.30. The number of rotatable bonds is 5. The summed E-state index contributed by atoms with van der Waals surface area (Å²) in [5.41, 5.74) is 1.67. The minimum atomic E-state index is -0.410. The lowest BCUT2D eigenvalue weighted by atomic mass is 10.2. The van der Waals surface area contributed by atoms with Crippen molar-refractivity contribution in [3.63, 3.8) is 0 Å². The highest BCUT2D eigenvalue weighted by Crippen LogP contribution is 2.35. The van der Waals surface area contributed by atoms with Crippen molar-refractivity contribution in [2.45, 2.75) is 6.92 Å². The van der Waals surface area contributed by atoms with Crippen molar-refractivity contribution in [2.24, 2.45) is 4.99 Å². The number of nitrogens with zero attached hydrogens (tertiary/aromatic N) is 2. The van der Waals surface area contributed by atoms with Crippen molar-refractivity contribution in [2.75, 3.05) is 20.8 Å². The van der Waals surface area contributed by atoms with Crippen LogP contribution in [0.2, 0.25) is 5.02 Å². The molecular formula is C21H19ClN2O4S. The Morgan fingerprint density at radius 3 is 2.79 bits per heavy atom. The third-order valence-electron chi connectivity index (χ3n) is 4.06. The summed E-state index contributed by atoms with van der Waals surface area (Å²) in [7, 11) is 3.21. The van der Waals surface area contributed by atoms with Crippen LogP contribution in [0, 0.1) is 0 Å². The monoisotopic (exact) mass is 430 g/mol. The van der Waals surface area contributed by atoms with Gasteiger partial charge in [-0.15, -0.1) is 0 Å². The molecule has 2 aromatic carbocycles. The van der Waals surface area contributed by atoms with E-state index < -0.39 is 5.97 Å². The molecule has 1 aliphatic rings. The largest absolute Gasteiger partial charge is 0.496 e. The topological polar surface area (TPSA) is 68.2 Å². The van der Waals surface area contributed by atoms with Gasteiger partial charge in [0.15, 0.2) is 5.17 Å². The molecular weight excluding hydrogens is 412 g/mol. The van der Waals surface area contributed by atoms with Gasteiger partial charge < -0.3 is 9.47 Å².